The fourth-order valence-corrected chi connectivity index (χ4v) is 4.26. The normalized spacial score (nSPS) is 24.8. The molecule has 0 unspecified atom stereocenters. The van der Waals surface area contributed by atoms with E-state index in [2.05, 4.69) is 41.0 Å². The van der Waals surface area contributed by atoms with Gasteiger partial charge in [-0.25, -0.2) is 0 Å². The van der Waals surface area contributed by atoms with Crippen LogP contribution in [0, 0.1) is 5.92 Å². The van der Waals surface area contributed by atoms with Crippen molar-refractivity contribution in [2.45, 2.75) is 19.4 Å². The van der Waals surface area contributed by atoms with Crippen LogP contribution < -0.4 is 0 Å². The predicted octanol–water partition coefficient (Wildman–Crippen LogP) is 2.56. The number of rotatable bonds is 3. The maximum absolute atomic E-state index is 12.9. The number of carbonyl (C=O) groups is 1. The lowest BCUT2D eigenvalue weighted by Gasteiger charge is -2.34. The minimum Gasteiger partial charge on any atom is -0.379 e. The lowest BCUT2D eigenvalue weighted by Crippen LogP contribution is -2.47. The van der Waals surface area contributed by atoms with Gasteiger partial charge < -0.3 is 9.64 Å². The van der Waals surface area contributed by atoms with Gasteiger partial charge in [-0.05, 0) is 22.3 Å². The van der Waals surface area contributed by atoms with Crippen molar-refractivity contribution < 1.29 is 9.53 Å². The highest BCUT2D eigenvalue weighted by Gasteiger charge is 2.36. The Morgan fingerprint density at radius 3 is 2.68 bits per heavy atom. The smallest absolute Gasteiger partial charge is 0.227 e. The Kier molecular flexibility index (Phi) is 4.73. The van der Waals surface area contributed by atoms with Gasteiger partial charge in [0, 0.05) is 32.2 Å². The highest BCUT2D eigenvalue weighted by Crippen LogP contribution is 2.25. The van der Waals surface area contributed by atoms with E-state index in [1.165, 1.54) is 10.8 Å². The topological polar surface area (TPSA) is 32.8 Å². The van der Waals surface area contributed by atoms with Crippen LogP contribution in [-0.4, -0.2) is 61.1 Å². The van der Waals surface area contributed by atoms with Crippen LogP contribution in [0.15, 0.2) is 42.5 Å². The van der Waals surface area contributed by atoms with Gasteiger partial charge in [-0.2, -0.15) is 0 Å². The molecule has 2 aromatic carbocycles. The molecule has 1 amide bonds. The first kappa shape index (κ1) is 16.6. The molecule has 0 bridgehead atoms. The molecule has 0 spiro atoms. The molecule has 4 heteroatoms. The molecule has 4 rings (SSSR count). The van der Waals surface area contributed by atoms with Gasteiger partial charge in [0.25, 0.3) is 0 Å². The Hall–Kier alpha value is -1.91. The summed E-state index contributed by atoms with van der Waals surface area (Å²) in [5, 5.41) is 2.39. The fourth-order valence-electron chi connectivity index (χ4n) is 4.26. The van der Waals surface area contributed by atoms with Crippen LogP contribution in [-0.2, 0) is 16.0 Å². The molecule has 0 aromatic heterocycles. The maximum Gasteiger partial charge on any atom is 0.227 e. The SMILES string of the molecule is C[C@H]1CN(C(=O)Cc2cccc3ccccc23)C[C@H]1N1CCOCC1. The summed E-state index contributed by atoms with van der Waals surface area (Å²) in [7, 11) is 0. The number of morpholine rings is 1. The molecule has 0 radical (unpaired) electrons. The van der Waals surface area contributed by atoms with Crippen molar-refractivity contribution in [2.24, 2.45) is 5.92 Å². The summed E-state index contributed by atoms with van der Waals surface area (Å²) >= 11 is 0. The minimum absolute atomic E-state index is 0.249. The molecule has 2 saturated heterocycles. The molecule has 25 heavy (non-hydrogen) atoms. The number of nitrogens with zero attached hydrogens (tertiary/aromatic N) is 2. The van der Waals surface area contributed by atoms with Crippen molar-refractivity contribution in [1.29, 1.82) is 0 Å². The standard InChI is InChI=1S/C21H26N2O2/c1-16-14-23(15-20(16)22-9-11-25-12-10-22)21(24)13-18-7-4-6-17-5-2-3-8-19(17)18/h2-8,16,20H,9-15H2,1H3/t16-,20+/m0/s1. The quantitative estimate of drug-likeness (QED) is 0.862. The first-order valence-corrected chi connectivity index (χ1v) is 9.28. The van der Waals surface area contributed by atoms with E-state index in [0.717, 1.165) is 45.0 Å². The van der Waals surface area contributed by atoms with Gasteiger partial charge in [0.05, 0.1) is 19.6 Å². The number of carbonyl (C=O) groups excluding carboxylic acids is 1. The number of benzene rings is 2. The van der Waals surface area contributed by atoms with Gasteiger partial charge in [-0.1, -0.05) is 49.4 Å². The first-order chi connectivity index (χ1) is 12.2. The molecular weight excluding hydrogens is 312 g/mol. The average Bonchev–Trinajstić information content (AvgIpc) is 3.05. The molecule has 0 aliphatic carbocycles. The molecule has 0 saturated carbocycles. The zero-order valence-electron chi connectivity index (χ0n) is 14.9. The van der Waals surface area contributed by atoms with Crippen molar-refractivity contribution in [1.82, 2.24) is 9.80 Å². The molecule has 2 atom stereocenters. The lowest BCUT2D eigenvalue weighted by molar-refractivity contribution is -0.129. The summed E-state index contributed by atoms with van der Waals surface area (Å²) in [4.78, 5) is 17.5. The van der Waals surface area contributed by atoms with Crippen LogP contribution >= 0.6 is 0 Å². The van der Waals surface area contributed by atoms with Crippen LogP contribution in [0.2, 0.25) is 0 Å². The zero-order valence-corrected chi connectivity index (χ0v) is 14.9. The third kappa shape index (κ3) is 3.42. The van der Waals surface area contributed by atoms with E-state index in [1.807, 2.05) is 18.2 Å². The molecular formula is C21H26N2O2. The summed E-state index contributed by atoms with van der Waals surface area (Å²) in [5.74, 6) is 0.772. The Bertz CT molecular complexity index is 749. The average molecular weight is 338 g/mol. The number of hydrogen-bond donors (Lipinski definition) is 0. The van der Waals surface area contributed by atoms with E-state index in [-0.39, 0.29) is 5.91 Å². The van der Waals surface area contributed by atoms with E-state index >= 15 is 0 Å². The Balaban J connectivity index is 1.46. The van der Waals surface area contributed by atoms with E-state index < -0.39 is 0 Å². The second-order valence-corrected chi connectivity index (χ2v) is 7.31. The van der Waals surface area contributed by atoms with E-state index in [1.54, 1.807) is 0 Å². The van der Waals surface area contributed by atoms with Gasteiger partial charge >= 0.3 is 0 Å². The molecule has 0 N–H and O–H groups in total. The molecule has 2 heterocycles. The van der Waals surface area contributed by atoms with Gasteiger partial charge in [0.15, 0.2) is 0 Å². The second kappa shape index (κ2) is 7.14. The predicted molar refractivity (Wildman–Crippen MR) is 99.6 cm³/mol. The number of likely N-dealkylation sites (tertiary alicyclic amines) is 1. The summed E-state index contributed by atoms with van der Waals surface area (Å²) in [6.07, 6.45) is 0.490. The zero-order chi connectivity index (χ0) is 17.2. The molecule has 132 valence electrons. The van der Waals surface area contributed by atoms with Gasteiger partial charge in [0.2, 0.25) is 5.91 Å². The monoisotopic (exact) mass is 338 g/mol. The largest absolute Gasteiger partial charge is 0.379 e. The van der Waals surface area contributed by atoms with Crippen molar-refractivity contribution in [3.05, 3.63) is 48.0 Å². The summed E-state index contributed by atoms with van der Waals surface area (Å²) in [5.41, 5.74) is 1.13. The number of fused-ring (bicyclic) bond motifs is 1. The van der Waals surface area contributed by atoms with Crippen LogP contribution in [0.4, 0.5) is 0 Å². The van der Waals surface area contributed by atoms with Crippen LogP contribution in [0.25, 0.3) is 10.8 Å². The van der Waals surface area contributed by atoms with Crippen LogP contribution in [0.1, 0.15) is 12.5 Å². The van der Waals surface area contributed by atoms with E-state index in [9.17, 15) is 4.79 Å². The number of ether oxygens (including phenoxy) is 1. The fraction of sp³-hybridized carbons (Fsp3) is 0.476. The third-order valence-electron chi connectivity index (χ3n) is 5.66. The maximum atomic E-state index is 12.9. The molecule has 4 nitrogen and oxygen atoms in total. The molecule has 2 fully saturated rings. The molecule has 2 aliphatic rings. The van der Waals surface area contributed by atoms with Crippen molar-refractivity contribution in [2.75, 3.05) is 39.4 Å². The van der Waals surface area contributed by atoms with E-state index in [4.69, 9.17) is 4.74 Å². The third-order valence-corrected chi connectivity index (χ3v) is 5.66. The van der Waals surface area contributed by atoms with Crippen LogP contribution in [0.3, 0.4) is 0 Å². The molecule has 2 aromatic rings. The lowest BCUT2D eigenvalue weighted by atomic mass is 10.0. The number of amides is 1. The summed E-state index contributed by atoms with van der Waals surface area (Å²) in [6, 6.07) is 15.0. The number of hydrogen-bond acceptors (Lipinski definition) is 3. The minimum atomic E-state index is 0.249. The van der Waals surface area contributed by atoms with Crippen LogP contribution in [0.5, 0.6) is 0 Å². The van der Waals surface area contributed by atoms with Crippen molar-refractivity contribution in [3.8, 4) is 0 Å². The highest BCUT2D eigenvalue weighted by molar-refractivity contribution is 5.90. The van der Waals surface area contributed by atoms with Gasteiger partial charge in [-0.3, -0.25) is 9.69 Å². The first-order valence-electron chi connectivity index (χ1n) is 9.28. The Morgan fingerprint density at radius 2 is 1.84 bits per heavy atom. The summed E-state index contributed by atoms with van der Waals surface area (Å²) < 4.78 is 5.47. The Labute approximate surface area is 149 Å². The second-order valence-electron chi connectivity index (χ2n) is 7.31. The van der Waals surface area contributed by atoms with Gasteiger partial charge in [0.1, 0.15) is 0 Å². The summed E-state index contributed by atoms with van der Waals surface area (Å²) in [6.45, 7) is 7.59. The Morgan fingerprint density at radius 1 is 1.08 bits per heavy atom. The molecule has 2 aliphatic heterocycles. The van der Waals surface area contributed by atoms with Gasteiger partial charge in [-0.15, -0.1) is 0 Å². The van der Waals surface area contributed by atoms with Crippen molar-refractivity contribution in [3.63, 3.8) is 0 Å². The van der Waals surface area contributed by atoms with E-state index in [0.29, 0.717) is 18.4 Å². The van der Waals surface area contributed by atoms with Crippen molar-refractivity contribution >= 4 is 16.7 Å². The highest BCUT2D eigenvalue weighted by atomic mass is 16.5.